The van der Waals surface area contributed by atoms with Crippen molar-refractivity contribution in [1.82, 2.24) is 4.72 Å². The van der Waals surface area contributed by atoms with E-state index in [1.165, 1.54) is 7.05 Å². The lowest BCUT2D eigenvalue weighted by atomic mass is 10.1. The minimum absolute atomic E-state index is 0.182. The number of carbonyl (C=O) groups excluding carboxylic acids is 1. The summed E-state index contributed by atoms with van der Waals surface area (Å²) in [5.41, 5.74) is 1.04. The number of nitrogens with one attached hydrogen (secondary N) is 2. The van der Waals surface area contributed by atoms with Crippen molar-refractivity contribution >= 4 is 37.5 Å². The number of halogens is 2. The van der Waals surface area contributed by atoms with E-state index in [2.05, 4.69) is 26.0 Å². The first kappa shape index (κ1) is 17.6. The Morgan fingerprint density at radius 1 is 1.17 bits per heavy atom. The third-order valence-corrected chi connectivity index (χ3v) is 5.48. The first-order chi connectivity index (χ1) is 10.7. The maximum Gasteiger partial charge on any atom is 0.258 e. The van der Waals surface area contributed by atoms with Crippen LogP contribution >= 0.6 is 15.9 Å². The fourth-order valence-corrected chi connectivity index (χ4v) is 2.89. The van der Waals surface area contributed by atoms with Gasteiger partial charge in [0.05, 0.1) is 10.5 Å². The second kappa shape index (κ2) is 6.77. The maximum absolute atomic E-state index is 13.9. The summed E-state index contributed by atoms with van der Waals surface area (Å²) < 4.78 is 40.4. The largest absolute Gasteiger partial charge is 0.322 e. The van der Waals surface area contributed by atoms with E-state index in [0.717, 1.165) is 28.2 Å². The minimum Gasteiger partial charge on any atom is -0.322 e. The van der Waals surface area contributed by atoms with Gasteiger partial charge in [0.2, 0.25) is 10.0 Å². The summed E-state index contributed by atoms with van der Waals surface area (Å²) >= 11 is 3.35. The first-order valence-corrected chi connectivity index (χ1v) is 8.83. The lowest BCUT2D eigenvalue weighted by molar-refractivity contribution is 0.102. The zero-order chi connectivity index (χ0) is 17.2. The highest BCUT2D eigenvalue weighted by atomic mass is 79.9. The van der Waals surface area contributed by atoms with Crippen LogP contribution in [0.3, 0.4) is 0 Å². The van der Waals surface area contributed by atoms with Crippen molar-refractivity contribution in [2.45, 2.75) is 11.8 Å². The van der Waals surface area contributed by atoms with Crippen molar-refractivity contribution < 1.29 is 17.6 Å². The molecule has 122 valence electrons. The Kier molecular flexibility index (Phi) is 5.18. The van der Waals surface area contributed by atoms with Crippen LogP contribution < -0.4 is 10.0 Å². The van der Waals surface area contributed by atoms with Crippen molar-refractivity contribution in [3.8, 4) is 0 Å². The van der Waals surface area contributed by atoms with Gasteiger partial charge in [-0.05, 0) is 55.9 Å². The van der Waals surface area contributed by atoms with Gasteiger partial charge in [0, 0.05) is 10.2 Å². The van der Waals surface area contributed by atoms with Gasteiger partial charge in [-0.2, -0.15) is 0 Å². The number of hydrogen-bond acceptors (Lipinski definition) is 3. The second-order valence-corrected chi connectivity index (χ2v) is 7.51. The van der Waals surface area contributed by atoms with Crippen LogP contribution in [-0.2, 0) is 10.0 Å². The standard InChI is InChI=1S/C15H14BrFN2O3S/c1-9-7-10(3-5-13(9)16)19-15(20)12-8-11(4-6-14(12)17)23(21,22)18-2/h3-8,18H,1-2H3,(H,19,20). The number of hydrogen-bond donors (Lipinski definition) is 2. The van der Waals surface area contributed by atoms with Crippen LogP contribution in [0.25, 0.3) is 0 Å². The van der Waals surface area contributed by atoms with E-state index in [4.69, 9.17) is 0 Å². The van der Waals surface area contributed by atoms with Gasteiger partial charge in [0.25, 0.3) is 5.91 Å². The molecule has 2 aromatic carbocycles. The van der Waals surface area contributed by atoms with Gasteiger partial charge in [-0.25, -0.2) is 17.5 Å². The summed E-state index contributed by atoms with van der Waals surface area (Å²) in [5, 5.41) is 2.55. The Labute approximate surface area is 142 Å². The summed E-state index contributed by atoms with van der Waals surface area (Å²) in [4.78, 5) is 12.0. The second-order valence-electron chi connectivity index (χ2n) is 4.77. The molecule has 0 aliphatic heterocycles. The molecule has 0 fully saturated rings. The van der Waals surface area contributed by atoms with E-state index in [1.54, 1.807) is 18.2 Å². The molecule has 23 heavy (non-hydrogen) atoms. The van der Waals surface area contributed by atoms with Gasteiger partial charge in [-0.15, -0.1) is 0 Å². The van der Waals surface area contributed by atoms with Gasteiger partial charge in [0.15, 0.2) is 0 Å². The summed E-state index contributed by atoms with van der Waals surface area (Å²) in [7, 11) is -2.52. The van der Waals surface area contributed by atoms with Crippen molar-refractivity contribution in [1.29, 1.82) is 0 Å². The molecule has 0 spiro atoms. The van der Waals surface area contributed by atoms with Crippen LogP contribution in [0.4, 0.5) is 10.1 Å². The topological polar surface area (TPSA) is 75.3 Å². The van der Waals surface area contributed by atoms with E-state index < -0.39 is 21.7 Å². The van der Waals surface area contributed by atoms with Crippen LogP contribution in [0, 0.1) is 12.7 Å². The predicted molar refractivity (Wildman–Crippen MR) is 89.5 cm³/mol. The molecule has 0 saturated carbocycles. The van der Waals surface area contributed by atoms with Crippen molar-refractivity contribution in [2.24, 2.45) is 0 Å². The Morgan fingerprint density at radius 2 is 1.87 bits per heavy atom. The summed E-state index contributed by atoms with van der Waals surface area (Å²) in [6.45, 7) is 1.85. The quantitative estimate of drug-likeness (QED) is 0.827. The molecule has 2 aromatic rings. The Hall–Kier alpha value is -1.77. The Bertz CT molecular complexity index is 869. The Balaban J connectivity index is 2.35. The average Bonchev–Trinajstić information content (AvgIpc) is 2.51. The number of rotatable bonds is 4. The van der Waals surface area contributed by atoms with Crippen molar-refractivity contribution in [2.75, 3.05) is 12.4 Å². The third kappa shape index (κ3) is 3.95. The molecule has 5 nitrogen and oxygen atoms in total. The molecule has 0 aliphatic carbocycles. The van der Waals surface area contributed by atoms with Crippen LogP contribution in [0.5, 0.6) is 0 Å². The third-order valence-electron chi connectivity index (χ3n) is 3.18. The van der Waals surface area contributed by atoms with Gasteiger partial charge < -0.3 is 5.32 Å². The van der Waals surface area contributed by atoms with Crippen molar-refractivity contribution in [3.63, 3.8) is 0 Å². The maximum atomic E-state index is 13.9. The first-order valence-electron chi connectivity index (χ1n) is 6.55. The van der Waals surface area contributed by atoms with Gasteiger partial charge >= 0.3 is 0 Å². The van der Waals surface area contributed by atoms with E-state index in [-0.39, 0.29) is 10.5 Å². The molecule has 1 amide bonds. The number of sulfonamides is 1. The normalized spacial score (nSPS) is 11.3. The highest BCUT2D eigenvalue weighted by Crippen LogP contribution is 2.21. The lowest BCUT2D eigenvalue weighted by Crippen LogP contribution is -2.20. The molecule has 0 aromatic heterocycles. The molecule has 0 unspecified atom stereocenters. The molecule has 8 heteroatoms. The van der Waals surface area contributed by atoms with Crippen LogP contribution in [-0.4, -0.2) is 21.4 Å². The average molecular weight is 401 g/mol. The highest BCUT2D eigenvalue weighted by Gasteiger charge is 2.18. The SMILES string of the molecule is CNS(=O)(=O)c1ccc(F)c(C(=O)Nc2ccc(Br)c(C)c2)c1. The molecule has 0 radical (unpaired) electrons. The van der Waals surface area contributed by atoms with Crippen molar-refractivity contribution in [3.05, 3.63) is 57.8 Å². The summed E-state index contributed by atoms with van der Waals surface area (Å²) in [5.74, 6) is -1.52. The molecule has 2 N–H and O–H groups in total. The molecule has 0 aliphatic rings. The smallest absolute Gasteiger partial charge is 0.258 e. The molecule has 2 rings (SSSR count). The van der Waals surface area contributed by atoms with E-state index in [0.29, 0.717) is 5.69 Å². The predicted octanol–water partition coefficient (Wildman–Crippen LogP) is 3.06. The minimum atomic E-state index is -3.76. The number of amides is 1. The molecule has 0 atom stereocenters. The molecule has 0 saturated heterocycles. The van der Waals surface area contributed by atoms with Crippen LogP contribution in [0.1, 0.15) is 15.9 Å². The molecular weight excluding hydrogens is 387 g/mol. The number of anilines is 1. The number of carbonyl (C=O) groups is 1. The fourth-order valence-electron chi connectivity index (χ4n) is 1.88. The van der Waals surface area contributed by atoms with Crippen LogP contribution in [0.2, 0.25) is 0 Å². The van der Waals surface area contributed by atoms with Gasteiger partial charge in [-0.3, -0.25) is 4.79 Å². The monoisotopic (exact) mass is 400 g/mol. The zero-order valence-electron chi connectivity index (χ0n) is 12.4. The summed E-state index contributed by atoms with van der Waals surface area (Å²) in [6, 6.07) is 8.17. The lowest BCUT2D eigenvalue weighted by Gasteiger charge is -2.09. The summed E-state index contributed by atoms with van der Waals surface area (Å²) in [6.07, 6.45) is 0. The van der Waals surface area contributed by atoms with Crippen LogP contribution in [0.15, 0.2) is 45.8 Å². The fraction of sp³-hybridized carbons (Fsp3) is 0.133. The number of benzene rings is 2. The zero-order valence-corrected chi connectivity index (χ0v) is 14.8. The Morgan fingerprint density at radius 3 is 2.48 bits per heavy atom. The molecule has 0 bridgehead atoms. The van der Waals surface area contributed by atoms with E-state index >= 15 is 0 Å². The number of aryl methyl sites for hydroxylation is 1. The van der Waals surface area contributed by atoms with Gasteiger partial charge in [0.1, 0.15) is 5.82 Å². The van der Waals surface area contributed by atoms with E-state index in [1.807, 2.05) is 6.92 Å². The molecular formula is C15H14BrFN2O3S. The van der Waals surface area contributed by atoms with Gasteiger partial charge in [-0.1, -0.05) is 15.9 Å². The highest BCUT2D eigenvalue weighted by molar-refractivity contribution is 9.10. The molecule has 0 heterocycles. The van der Waals surface area contributed by atoms with E-state index in [9.17, 15) is 17.6 Å².